The lowest BCUT2D eigenvalue weighted by Crippen LogP contribution is -2.31. The maximum absolute atomic E-state index is 12.3. The highest BCUT2D eigenvalue weighted by atomic mass is 32.1. The zero-order valence-corrected chi connectivity index (χ0v) is 12.2. The number of oxime groups is 1. The molecular formula is C13H14N2O2S2. The van der Waals surface area contributed by atoms with E-state index in [1.165, 1.54) is 22.7 Å². The lowest BCUT2D eigenvalue weighted by molar-refractivity contribution is -0.476. The highest BCUT2D eigenvalue weighted by Crippen LogP contribution is 2.16. The second-order valence-corrected chi connectivity index (χ2v) is 5.92. The third-order valence-electron chi connectivity index (χ3n) is 2.84. The van der Waals surface area contributed by atoms with E-state index < -0.39 is 6.04 Å². The zero-order valence-electron chi connectivity index (χ0n) is 10.6. The molecule has 2 heterocycles. The Morgan fingerprint density at radius 2 is 1.84 bits per heavy atom. The van der Waals surface area contributed by atoms with Crippen LogP contribution in [-0.4, -0.2) is 27.4 Å². The largest absolute Gasteiger partial charge is 0.623 e. The lowest BCUT2D eigenvalue weighted by atomic mass is 10.1. The molecule has 2 aromatic heterocycles. The molecule has 0 aliphatic carbocycles. The Balaban J connectivity index is 2.33. The van der Waals surface area contributed by atoms with Gasteiger partial charge in [-0.25, -0.2) is 0 Å². The summed E-state index contributed by atoms with van der Waals surface area (Å²) in [4.78, 5) is 1.72. The Labute approximate surface area is 119 Å². The van der Waals surface area contributed by atoms with Gasteiger partial charge >= 0.3 is 0 Å². The molecule has 1 N–H and O–H groups in total. The fourth-order valence-corrected chi connectivity index (χ4v) is 3.27. The summed E-state index contributed by atoms with van der Waals surface area (Å²) in [5, 5.41) is 28.6. The molecule has 0 aliphatic heterocycles. The molecule has 1 unspecified atom stereocenters. The van der Waals surface area contributed by atoms with Crippen molar-refractivity contribution in [3.8, 4) is 0 Å². The van der Waals surface area contributed by atoms with Crippen LogP contribution in [0.3, 0.4) is 0 Å². The second kappa shape index (κ2) is 5.99. The molecule has 100 valence electrons. The van der Waals surface area contributed by atoms with Crippen molar-refractivity contribution in [2.45, 2.75) is 19.9 Å². The van der Waals surface area contributed by atoms with E-state index in [0.717, 1.165) is 14.5 Å². The summed E-state index contributed by atoms with van der Waals surface area (Å²) in [5.41, 5.74) is 1.01. The van der Waals surface area contributed by atoms with E-state index in [1.54, 1.807) is 13.8 Å². The number of rotatable bonds is 4. The minimum Gasteiger partial charge on any atom is -0.623 e. The van der Waals surface area contributed by atoms with Gasteiger partial charge in [0.15, 0.2) is 5.71 Å². The molecule has 0 aliphatic rings. The Hall–Kier alpha value is -1.66. The van der Waals surface area contributed by atoms with Crippen molar-refractivity contribution >= 4 is 34.1 Å². The van der Waals surface area contributed by atoms with E-state index in [9.17, 15) is 5.21 Å². The van der Waals surface area contributed by atoms with Crippen molar-refractivity contribution in [3.63, 3.8) is 0 Å². The number of thiophene rings is 2. The Morgan fingerprint density at radius 3 is 2.32 bits per heavy atom. The highest BCUT2D eigenvalue weighted by molar-refractivity contribution is 7.12. The van der Waals surface area contributed by atoms with Gasteiger partial charge in [0, 0.05) is 13.8 Å². The third kappa shape index (κ3) is 2.85. The van der Waals surface area contributed by atoms with Crippen molar-refractivity contribution in [1.82, 2.24) is 0 Å². The van der Waals surface area contributed by atoms with Crippen LogP contribution in [0.5, 0.6) is 0 Å². The summed E-state index contributed by atoms with van der Waals surface area (Å²) < 4.78 is 0.889. The Bertz CT molecular complexity index is 586. The average molecular weight is 294 g/mol. The van der Waals surface area contributed by atoms with Gasteiger partial charge in [0.25, 0.3) is 0 Å². The molecule has 0 aromatic carbocycles. The zero-order chi connectivity index (χ0) is 13.8. The molecule has 0 saturated carbocycles. The number of nitrogens with zero attached hydrogens (tertiary/aromatic N) is 2. The van der Waals surface area contributed by atoms with E-state index in [0.29, 0.717) is 11.4 Å². The molecule has 0 fully saturated rings. The minimum atomic E-state index is -0.536. The molecule has 0 spiro atoms. The van der Waals surface area contributed by atoms with Crippen molar-refractivity contribution < 1.29 is 9.95 Å². The van der Waals surface area contributed by atoms with Crippen LogP contribution in [0.25, 0.3) is 0 Å². The highest BCUT2D eigenvalue weighted by Gasteiger charge is 2.24. The molecule has 0 radical (unpaired) electrons. The maximum Gasteiger partial charge on any atom is 0.207 e. The van der Waals surface area contributed by atoms with E-state index in [2.05, 4.69) is 5.16 Å². The third-order valence-corrected chi connectivity index (χ3v) is 4.71. The second-order valence-electron chi connectivity index (χ2n) is 4.03. The molecule has 2 rings (SSSR count). The molecule has 0 saturated heterocycles. The van der Waals surface area contributed by atoms with E-state index in [4.69, 9.17) is 5.21 Å². The van der Waals surface area contributed by atoms with Gasteiger partial charge in [-0.15, -0.1) is 22.7 Å². The van der Waals surface area contributed by atoms with Crippen molar-refractivity contribution in [2.75, 3.05) is 0 Å². The van der Waals surface area contributed by atoms with Crippen LogP contribution in [0, 0.1) is 5.21 Å². The van der Waals surface area contributed by atoms with Crippen LogP contribution in [0.15, 0.2) is 40.2 Å². The summed E-state index contributed by atoms with van der Waals surface area (Å²) in [6.07, 6.45) is 0. The number of hydroxylamine groups is 1. The SMILES string of the molecule is C/C(c1cccs1)=[N+](\[O-])C(C)/C(=N/O)c1cccs1. The number of hydrogen-bond acceptors (Lipinski definition) is 5. The standard InChI is InChI=1S/C13H14N2O2S2/c1-9(11-5-3-7-18-11)15(17)10(2)13(14-16)12-6-4-8-19-12/h3-8,10,16H,1-2H3/b14-13-,15-9+. The summed E-state index contributed by atoms with van der Waals surface area (Å²) >= 11 is 2.96. The molecule has 2 aromatic rings. The van der Waals surface area contributed by atoms with Crippen LogP contribution < -0.4 is 0 Å². The van der Waals surface area contributed by atoms with Gasteiger partial charge in [-0.1, -0.05) is 17.3 Å². The molecule has 19 heavy (non-hydrogen) atoms. The first kappa shape index (κ1) is 13.8. The van der Waals surface area contributed by atoms with Gasteiger partial charge < -0.3 is 10.4 Å². The van der Waals surface area contributed by atoms with Gasteiger partial charge in [-0.3, -0.25) is 0 Å². The summed E-state index contributed by atoms with van der Waals surface area (Å²) in [6.45, 7) is 3.51. The fourth-order valence-electron chi connectivity index (χ4n) is 1.76. The van der Waals surface area contributed by atoms with Crippen LogP contribution in [0.4, 0.5) is 0 Å². The first-order valence-corrected chi connectivity index (χ1v) is 7.50. The first-order valence-electron chi connectivity index (χ1n) is 5.74. The Morgan fingerprint density at radius 1 is 1.26 bits per heavy atom. The van der Waals surface area contributed by atoms with Crippen molar-refractivity contribution in [3.05, 3.63) is 50.0 Å². The van der Waals surface area contributed by atoms with Gasteiger partial charge in [-0.05, 0) is 22.9 Å². The van der Waals surface area contributed by atoms with E-state index in [1.807, 2.05) is 35.0 Å². The normalized spacial score (nSPS) is 15.2. The van der Waals surface area contributed by atoms with Crippen molar-refractivity contribution in [1.29, 1.82) is 0 Å². The van der Waals surface area contributed by atoms with Crippen LogP contribution in [0.2, 0.25) is 0 Å². The van der Waals surface area contributed by atoms with Crippen LogP contribution >= 0.6 is 22.7 Å². The fraction of sp³-hybridized carbons (Fsp3) is 0.231. The van der Waals surface area contributed by atoms with Gasteiger partial charge in [0.05, 0.1) is 9.75 Å². The Kier molecular flexibility index (Phi) is 4.34. The summed E-state index contributed by atoms with van der Waals surface area (Å²) in [5.74, 6) is 0. The summed E-state index contributed by atoms with van der Waals surface area (Å²) in [6, 6.07) is 6.97. The van der Waals surface area contributed by atoms with Crippen LogP contribution in [-0.2, 0) is 0 Å². The molecule has 4 nitrogen and oxygen atoms in total. The van der Waals surface area contributed by atoms with Gasteiger partial charge in [-0.2, -0.15) is 4.74 Å². The maximum atomic E-state index is 12.3. The lowest BCUT2D eigenvalue weighted by Gasteiger charge is -2.15. The molecule has 0 amide bonds. The topological polar surface area (TPSA) is 58.7 Å². The average Bonchev–Trinajstić information content (AvgIpc) is 3.10. The molecule has 1 atom stereocenters. The van der Waals surface area contributed by atoms with Crippen LogP contribution in [0.1, 0.15) is 23.6 Å². The number of hydrogen-bond donors (Lipinski definition) is 1. The predicted octanol–water partition coefficient (Wildman–Crippen LogP) is 3.40. The molecular weight excluding hydrogens is 280 g/mol. The van der Waals surface area contributed by atoms with Gasteiger partial charge in [0.1, 0.15) is 0 Å². The smallest absolute Gasteiger partial charge is 0.207 e. The predicted molar refractivity (Wildman–Crippen MR) is 79.8 cm³/mol. The minimum absolute atomic E-state index is 0.390. The van der Waals surface area contributed by atoms with E-state index in [-0.39, 0.29) is 0 Å². The quantitative estimate of drug-likeness (QED) is 0.309. The van der Waals surface area contributed by atoms with E-state index >= 15 is 0 Å². The molecule has 0 bridgehead atoms. The van der Waals surface area contributed by atoms with Crippen molar-refractivity contribution in [2.24, 2.45) is 5.16 Å². The molecule has 6 heteroatoms. The van der Waals surface area contributed by atoms with Gasteiger partial charge in [0.2, 0.25) is 11.8 Å². The summed E-state index contributed by atoms with van der Waals surface area (Å²) in [7, 11) is 0. The first-order chi connectivity index (χ1) is 9.15. The monoisotopic (exact) mass is 294 g/mol.